The van der Waals surface area contributed by atoms with Crippen LogP contribution in [0.1, 0.15) is 55.8 Å². The highest BCUT2D eigenvalue weighted by molar-refractivity contribution is 5.94. The number of carbonyl (C=O) groups excluding carboxylic acids is 1. The summed E-state index contributed by atoms with van der Waals surface area (Å²) in [7, 11) is 4.09. The zero-order valence-electron chi connectivity index (χ0n) is 17.8. The quantitative estimate of drug-likeness (QED) is 0.757. The van der Waals surface area contributed by atoms with E-state index in [1.165, 1.54) is 5.69 Å². The summed E-state index contributed by atoms with van der Waals surface area (Å²) in [4.78, 5) is 19.5. The first-order chi connectivity index (χ1) is 13.5. The van der Waals surface area contributed by atoms with Crippen molar-refractivity contribution in [3.63, 3.8) is 0 Å². The number of nitrogens with one attached hydrogen (secondary N) is 1. The molecule has 2 saturated heterocycles. The molecule has 1 amide bonds. The van der Waals surface area contributed by atoms with Gasteiger partial charge in [-0.2, -0.15) is 0 Å². The number of rotatable bonds is 6. The molecule has 154 valence electrons. The number of piperidine rings is 2. The molecule has 5 heteroatoms. The standard InChI is InChI=1S/C23H36N4O/c1-4-5-22(24)18-10-16-27(17-11-18)21-8-6-19(7-9-21)23(28)26(3)20-12-14-25(2)15-13-20/h6-9,18,20,24H,4-5,10-17H2,1-3H3. The third-order valence-electron chi connectivity index (χ3n) is 6.54. The van der Waals surface area contributed by atoms with E-state index in [2.05, 4.69) is 35.9 Å². The Kier molecular flexibility index (Phi) is 7.11. The number of likely N-dealkylation sites (tertiary alicyclic amines) is 1. The van der Waals surface area contributed by atoms with Crippen LogP contribution in [-0.2, 0) is 0 Å². The molecular formula is C23H36N4O. The number of hydrogen-bond donors (Lipinski definition) is 1. The Morgan fingerprint density at radius 1 is 1.07 bits per heavy atom. The molecule has 1 N–H and O–H groups in total. The van der Waals surface area contributed by atoms with Crippen molar-refractivity contribution in [1.29, 1.82) is 5.41 Å². The van der Waals surface area contributed by atoms with E-state index in [-0.39, 0.29) is 5.91 Å². The lowest BCUT2D eigenvalue weighted by Gasteiger charge is -2.35. The largest absolute Gasteiger partial charge is 0.371 e. The fourth-order valence-electron chi connectivity index (χ4n) is 4.53. The first-order valence-electron chi connectivity index (χ1n) is 10.9. The van der Waals surface area contributed by atoms with E-state index in [1.54, 1.807) is 0 Å². The molecule has 0 aromatic heterocycles. The lowest BCUT2D eigenvalue weighted by molar-refractivity contribution is 0.0659. The monoisotopic (exact) mass is 384 g/mol. The van der Waals surface area contributed by atoms with E-state index in [0.29, 0.717) is 12.0 Å². The van der Waals surface area contributed by atoms with E-state index < -0.39 is 0 Å². The Hall–Kier alpha value is -1.88. The van der Waals surface area contributed by atoms with Gasteiger partial charge in [-0.05, 0) is 82.4 Å². The maximum Gasteiger partial charge on any atom is 0.253 e. The van der Waals surface area contributed by atoms with E-state index in [4.69, 9.17) is 5.41 Å². The number of nitrogens with zero attached hydrogens (tertiary/aromatic N) is 3. The zero-order valence-corrected chi connectivity index (χ0v) is 17.8. The summed E-state index contributed by atoms with van der Waals surface area (Å²) in [6.45, 7) is 6.27. The Labute approximate surface area is 170 Å². The van der Waals surface area contributed by atoms with Crippen molar-refractivity contribution in [3.05, 3.63) is 29.8 Å². The predicted molar refractivity (Wildman–Crippen MR) is 117 cm³/mol. The third kappa shape index (κ3) is 4.93. The molecule has 0 unspecified atom stereocenters. The molecule has 1 aromatic carbocycles. The summed E-state index contributed by atoms with van der Waals surface area (Å²) >= 11 is 0. The van der Waals surface area contributed by atoms with Gasteiger partial charge in [-0.3, -0.25) is 4.79 Å². The molecule has 0 atom stereocenters. The number of carbonyl (C=O) groups is 1. The second kappa shape index (κ2) is 9.55. The van der Waals surface area contributed by atoms with Crippen molar-refractivity contribution in [2.24, 2.45) is 5.92 Å². The second-order valence-corrected chi connectivity index (χ2v) is 8.53. The molecular weight excluding hydrogens is 348 g/mol. The highest BCUT2D eigenvalue weighted by Crippen LogP contribution is 2.26. The van der Waals surface area contributed by atoms with E-state index in [1.807, 2.05) is 24.1 Å². The van der Waals surface area contributed by atoms with Crippen LogP contribution in [0, 0.1) is 11.3 Å². The van der Waals surface area contributed by atoms with Crippen molar-refractivity contribution < 1.29 is 4.79 Å². The molecule has 1 aromatic rings. The van der Waals surface area contributed by atoms with Crippen LogP contribution in [0.2, 0.25) is 0 Å². The van der Waals surface area contributed by atoms with Gasteiger partial charge in [-0.1, -0.05) is 13.3 Å². The summed E-state index contributed by atoms with van der Waals surface area (Å²) in [5.74, 6) is 0.591. The first kappa shape index (κ1) is 20.8. The molecule has 2 aliphatic heterocycles. The lowest BCUT2D eigenvalue weighted by Crippen LogP contribution is -2.44. The maximum absolute atomic E-state index is 12.9. The van der Waals surface area contributed by atoms with Crippen molar-refractivity contribution in [1.82, 2.24) is 9.80 Å². The van der Waals surface area contributed by atoms with Crippen LogP contribution < -0.4 is 4.90 Å². The fourth-order valence-corrected chi connectivity index (χ4v) is 4.53. The van der Waals surface area contributed by atoms with Gasteiger partial charge in [0.1, 0.15) is 0 Å². The minimum absolute atomic E-state index is 0.132. The van der Waals surface area contributed by atoms with Crippen molar-refractivity contribution >= 4 is 17.3 Å². The van der Waals surface area contributed by atoms with Gasteiger partial charge in [0.05, 0.1) is 0 Å². The van der Waals surface area contributed by atoms with Gasteiger partial charge in [0.2, 0.25) is 0 Å². The maximum atomic E-state index is 12.9. The predicted octanol–water partition coefficient (Wildman–Crippen LogP) is 3.89. The molecule has 2 fully saturated rings. The summed E-state index contributed by atoms with van der Waals surface area (Å²) < 4.78 is 0. The van der Waals surface area contributed by atoms with Crippen LogP contribution in [0.3, 0.4) is 0 Å². The molecule has 28 heavy (non-hydrogen) atoms. The molecule has 0 saturated carbocycles. The van der Waals surface area contributed by atoms with Gasteiger partial charge in [0.25, 0.3) is 5.91 Å². The molecule has 0 bridgehead atoms. The van der Waals surface area contributed by atoms with Crippen molar-refractivity contribution in [2.45, 2.75) is 51.5 Å². The van der Waals surface area contributed by atoms with Crippen LogP contribution in [0.25, 0.3) is 0 Å². The topological polar surface area (TPSA) is 50.6 Å². The number of amides is 1. The van der Waals surface area contributed by atoms with Gasteiger partial charge >= 0.3 is 0 Å². The number of hydrogen-bond acceptors (Lipinski definition) is 4. The normalized spacial score (nSPS) is 19.6. The van der Waals surface area contributed by atoms with Gasteiger partial charge in [-0.15, -0.1) is 0 Å². The van der Waals surface area contributed by atoms with Gasteiger partial charge in [0, 0.05) is 43.1 Å². The van der Waals surface area contributed by atoms with E-state index in [9.17, 15) is 4.79 Å². The molecule has 2 aliphatic rings. The molecule has 0 aliphatic carbocycles. The number of anilines is 1. The van der Waals surface area contributed by atoms with Crippen molar-refractivity contribution in [3.8, 4) is 0 Å². The highest BCUT2D eigenvalue weighted by Gasteiger charge is 2.25. The second-order valence-electron chi connectivity index (χ2n) is 8.53. The summed E-state index contributed by atoms with van der Waals surface area (Å²) in [6.07, 6.45) is 6.25. The summed E-state index contributed by atoms with van der Waals surface area (Å²) in [6, 6.07) is 8.49. The van der Waals surface area contributed by atoms with Gasteiger partial charge in [0.15, 0.2) is 0 Å². The molecule has 2 heterocycles. The van der Waals surface area contributed by atoms with Gasteiger partial charge < -0.3 is 20.1 Å². The number of benzene rings is 1. The minimum Gasteiger partial charge on any atom is -0.371 e. The Morgan fingerprint density at radius 3 is 2.25 bits per heavy atom. The third-order valence-corrected chi connectivity index (χ3v) is 6.54. The molecule has 3 rings (SSSR count). The summed E-state index contributed by atoms with van der Waals surface area (Å²) in [5, 5.41) is 8.20. The lowest BCUT2D eigenvalue weighted by atomic mass is 9.89. The summed E-state index contributed by atoms with van der Waals surface area (Å²) in [5.41, 5.74) is 2.91. The Morgan fingerprint density at radius 2 is 1.68 bits per heavy atom. The van der Waals surface area contributed by atoms with Crippen molar-refractivity contribution in [2.75, 3.05) is 45.2 Å². The fraction of sp³-hybridized carbons (Fsp3) is 0.652. The Bertz CT molecular complexity index is 656. The smallest absolute Gasteiger partial charge is 0.253 e. The highest BCUT2D eigenvalue weighted by atomic mass is 16.2. The van der Waals surface area contributed by atoms with E-state index >= 15 is 0 Å². The minimum atomic E-state index is 0.132. The average molecular weight is 385 g/mol. The van der Waals surface area contributed by atoms with Crippen LogP contribution in [-0.4, -0.2) is 67.7 Å². The van der Waals surface area contributed by atoms with Crippen LogP contribution in [0.5, 0.6) is 0 Å². The first-order valence-corrected chi connectivity index (χ1v) is 10.9. The SMILES string of the molecule is CCCC(=N)C1CCN(c2ccc(C(=O)N(C)C3CCN(C)CC3)cc2)CC1. The van der Waals surface area contributed by atoms with Gasteiger partial charge in [-0.25, -0.2) is 0 Å². The Balaban J connectivity index is 1.55. The van der Waals surface area contributed by atoms with Crippen LogP contribution >= 0.6 is 0 Å². The van der Waals surface area contributed by atoms with Crippen LogP contribution in [0.4, 0.5) is 5.69 Å². The average Bonchev–Trinajstić information content (AvgIpc) is 2.74. The van der Waals surface area contributed by atoms with E-state index in [0.717, 1.165) is 76.0 Å². The molecule has 5 nitrogen and oxygen atoms in total. The van der Waals surface area contributed by atoms with Crippen LogP contribution in [0.15, 0.2) is 24.3 Å². The molecule has 0 radical (unpaired) electrons. The molecule has 0 spiro atoms. The zero-order chi connectivity index (χ0) is 20.1.